The number of ether oxygens (including phenoxy) is 2. The molecule has 0 aliphatic carbocycles. The third-order valence-electron chi connectivity index (χ3n) is 5.43. The lowest BCUT2D eigenvalue weighted by molar-refractivity contribution is 0.0289. The van der Waals surface area contributed by atoms with Gasteiger partial charge in [0.1, 0.15) is 6.10 Å². The second kappa shape index (κ2) is 17.3. The summed E-state index contributed by atoms with van der Waals surface area (Å²) in [4.78, 5) is 0. The molecule has 25 heavy (non-hydrogen) atoms. The van der Waals surface area contributed by atoms with Crippen LogP contribution in [0.4, 0.5) is 0 Å². The zero-order valence-corrected chi connectivity index (χ0v) is 17.4. The van der Waals surface area contributed by atoms with Crippen LogP contribution in [0.5, 0.6) is 0 Å². The minimum absolute atomic E-state index is 0.413. The molecule has 0 aromatic carbocycles. The topological polar surface area (TPSA) is 21.8 Å². The van der Waals surface area contributed by atoms with Crippen molar-refractivity contribution in [3.05, 3.63) is 0 Å². The van der Waals surface area contributed by atoms with Crippen LogP contribution in [0.3, 0.4) is 0 Å². The molecule has 2 atom stereocenters. The van der Waals surface area contributed by atoms with Gasteiger partial charge in [0, 0.05) is 0 Å². The van der Waals surface area contributed by atoms with E-state index in [0.29, 0.717) is 12.2 Å². The highest BCUT2D eigenvalue weighted by Gasteiger charge is 2.24. The molecular weight excluding hydrogens is 308 g/mol. The van der Waals surface area contributed by atoms with E-state index in [0.717, 1.165) is 13.2 Å². The summed E-state index contributed by atoms with van der Waals surface area (Å²) >= 11 is 0. The van der Waals surface area contributed by atoms with Crippen molar-refractivity contribution in [2.45, 2.75) is 135 Å². The summed E-state index contributed by atoms with van der Waals surface area (Å²) in [7, 11) is 0. The van der Waals surface area contributed by atoms with Crippen molar-refractivity contribution in [3.63, 3.8) is 0 Å². The van der Waals surface area contributed by atoms with Crippen molar-refractivity contribution in [1.82, 2.24) is 0 Å². The molecule has 0 bridgehead atoms. The SMILES string of the molecule is CCCCCCCCCCCCCCC(CCCCC)OCC1CO1. The molecule has 0 aromatic rings. The van der Waals surface area contributed by atoms with Crippen LogP contribution in [0.2, 0.25) is 0 Å². The Bertz CT molecular complexity index is 263. The first-order valence-electron chi connectivity index (χ1n) is 11.6. The number of hydrogen-bond acceptors (Lipinski definition) is 2. The Morgan fingerprint density at radius 3 is 1.56 bits per heavy atom. The zero-order chi connectivity index (χ0) is 18.0. The van der Waals surface area contributed by atoms with E-state index in [1.165, 1.54) is 109 Å². The molecule has 2 unspecified atom stereocenters. The fourth-order valence-electron chi connectivity index (χ4n) is 3.55. The van der Waals surface area contributed by atoms with Gasteiger partial charge in [-0.15, -0.1) is 0 Å². The predicted octanol–water partition coefficient (Wildman–Crippen LogP) is 7.44. The van der Waals surface area contributed by atoms with Crippen LogP contribution in [-0.4, -0.2) is 25.4 Å². The molecule has 0 aromatic heterocycles. The lowest BCUT2D eigenvalue weighted by atomic mass is 10.0. The maximum Gasteiger partial charge on any atom is 0.104 e. The van der Waals surface area contributed by atoms with Gasteiger partial charge in [0.2, 0.25) is 0 Å². The van der Waals surface area contributed by atoms with Gasteiger partial charge < -0.3 is 9.47 Å². The summed E-state index contributed by atoms with van der Waals surface area (Å²) in [5.41, 5.74) is 0. The Morgan fingerprint density at radius 1 is 0.680 bits per heavy atom. The smallest absolute Gasteiger partial charge is 0.104 e. The summed E-state index contributed by atoms with van der Waals surface area (Å²) < 4.78 is 11.4. The molecule has 1 fully saturated rings. The van der Waals surface area contributed by atoms with Crippen LogP contribution >= 0.6 is 0 Å². The van der Waals surface area contributed by atoms with E-state index in [4.69, 9.17) is 9.47 Å². The molecule has 1 aliphatic rings. The molecule has 0 amide bonds. The van der Waals surface area contributed by atoms with E-state index in [9.17, 15) is 0 Å². The molecule has 2 heteroatoms. The van der Waals surface area contributed by atoms with Gasteiger partial charge in [0.05, 0.1) is 19.3 Å². The standard InChI is InChI=1S/C23H46O2/c1-3-5-7-8-9-10-11-12-13-14-15-17-19-22(18-16-6-4-2)24-20-23-21-25-23/h22-23H,3-21H2,1-2H3. The van der Waals surface area contributed by atoms with Gasteiger partial charge in [0.15, 0.2) is 0 Å². The summed E-state index contributed by atoms with van der Waals surface area (Å²) in [6.07, 6.45) is 24.5. The Kier molecular flexibility index (Phi) is 15.9. The van der Waals surface area contributed by atoms with E-state index in [-0.39, 0.29) is 0 Å². The molecular formula is C23H46O2. The van der Waals surface area contributed by atoms with Crippen molar-refractivity contribution in [2.24, 2.45) is 0 Å². The molecule has 1 heterocycles. The first kappa shape index (κ1) is 23.0. The molecule has 1 aliphatic heterocycles. The average molecular weight is 355 g/mol. The Morgan fingerprint density at radius 2 is 1.08 bits per heavy atom. The van der Waals surface area contributed by atoms with Gasteiger partial charge in [-0.25, -0.2) is 0 Å². The normalized spacial score (nSPS) is 17.8. The van der Waals surface area contributed by atoms with Gasteiger partial charge in [-0.05, 0) is 12.8 Å². The van der Waals surface area contributed by atoms with Gasteiger partial charge in [0.25, 0.3) is 0 Å². The lowest BCUT2D eigenvalue weighted by Gasteiger charge is -2.17. The van der Waals surface area contributed by atoms with Gasteiger partial charge in [-0.3, -0.25) is 0 Å². The van der Waals surface area contributed by atoms with E-state index in [1.54, 1.807) is 0 Å². The maximum absolute atomic E-state index is 6.09. The number of unbranched alkanes of at least 4 members (excludes halogenated alkanes) is 13. The van der Waals surface area contributed by atoms with Gasteiger partial charge >= 0.3 is 0 Å². The van der Waals surface area contributed by atoms with E-state index in [2.05, 4.69) is 13.8 Å². The van der Waals surface area contributed by atoms with E-state index >= 15 is 0 Å². The van der Waals surface area contributed by atoms with Crippen LogP contribution in [0.1, 0.15) is 123 Å². The summed E-state index contributed by atoms with van der Waals surface area (Å²) in [5, 5.41) is 0. The van der Waals surface area contributed by atoms with Crippen molar-refractivity contribution in [3.8, 4) is 0 Å². The molecule has 0 spiro atoms. The summed E-state index contributed by atoms with van der Waals surface area (Å²) in [6.45, 7) is 6.31. The molecule has 0 saturated carbocycles. The fraction of sp³-hybridized carbons (Fsp3) is 1.00. The highest BCUT2D eigenvalue weighted by atomic mass is 16.6. The Labute approximate surface area is 158 Å². The van der Waals surface area contributed by atoms with Crippen molar-refractivity contribution in [2.75, 3.05) is 13.2 Å². The lowest BCUT2D eigenvalue weighted by Crippen LogP contribution is -2.16. The third-order valence-corrected chi connectivity index (χ3v) is 5.43. The average Bonchev–Trinajstić information content (AvgIpc) is 3.44. The maximum atomic E-state index is 6.09. The van der Waals surface area contributed by atoms with Gasteiger partial charge in [-0.2, -0.15) is 0 Å². The summed E-state index contributed by atoms with van der Waals surface area (Å²) in [6, 6.07) is 0. The Balaban J connectivity index is 1.87. The number of rotatable bonds is 20. The monoisotopic (exact) mass is 354 g/mol. The fourth-order valence-corrected chi connectivity index (χ4v) is 3.55. The molecule has 1 rings (SSSR count). The van der Waals surface area contributed by atoms with Gasteiger partial charge in [-0.1, -0.05) is 110 Å². The van der Waals surface area contributed by atoms with Crippen LogP contribution in [-0.2, 0) is 9.47 Å². The highest BCUT2D eigenvalue weighted by molar-refractivity contribution is 4.69. The van der Waals surface area contributed by atoms with Crippen molar-refractivity contribution < 1.29 is 9.47 Å². The first-order chi connectivity index (χ1) is 12.4. The molecule has 150 valence electrons. The van der Waals surface area contributed by atoms with Crippen molar-refractivity contribution in [1.29, 1.82) is 0 Å². The summed E-state index contributed by atoms with van der Waals surface area (Å²) in [5.74, 6) is 0. The molecule has 0 N–H and O–H groups in total. The van der Waals surface area contributed by atoms with E-state index in [1.807, 2.05) is 0 Å². The minimum atomic E-state index is 0.413. The van der Waals surface area contributed by atoms with Crippen LogP contribution in [0.25, 0.3) is 0 Å². The van der Waals surface area contributed by atoms with E-state index < -0.39 is 0 Å². The van der Waals surface area contributed by atoms with Crippen LogP contribution < -0.4 is 0 Å². The molecule has 1 saturated heterocycles. The second-order valence-corrected chi connectivity index (χ2v) is 8.08. The highest BCUT2D eigenvalue weighted by Crippen LogP contribution is 2.18. The first-order valence-corrected chi connectivity index (χ1v) is 11.6. The molecule has 2 nitrogen and oxygen atoms in total. The predicted molar refractivity (Wildman–Crippen MR) is 109 cm³/mol. The minimum Gasteiger partial charge on any atom is -0.375 e. The quantitative estimate of drug-likeness (QED) is 0.167. The largest absolute Gasteiger partial charge is 0.375 e. The van der Waals surface area contributed by atoms with Crippen LogP contribution in [0.15, 0.2) is 0 Å². The van der Waals surface area contributed by atoms with Crippen LogP contribution in [0, 0.1) is 0 Å². The Hall–Kier alpha value is -0.0800. The number of epoxide rings is 1. The molecule has 0 radical (unpaired) electrons. The number of hydrogen-bond donors (Lipinski definition) is 0. The zero-order valence-electron chi connectivity index (χ0n) is 17.4. The second-order valence-electron chi connectivity index (χ2n) is 8.08. The third kappa shape index (κ3) is 15.9. The van der Waals surface area contributed by atoms with Crippen molar-refractivity contribution >= 4 is 0 Å².